The zero-order valence-electron chi connectivity index (χ0n) is 11.6. The second kappa shape index (κ2) is 7.48. The third kappa shape index (κ3) is 4.67. The normalized spacial score (nSPS) is 9.32. The molecular weight excluding hydrogens is 290 g/mol. The van der Waals surface area contributed by atoms with Gasteiger partial charge in [0.1, 0.15) is 5.69 Å². The van der Waals surface area contributed by atoms with Crippen molar-refractivity contribution in [1.82, 2.24) is 0 Å². The molecule has 114 valence electrons. The lowest BCUT2D eigenvalue weighted by Gasteiger charge is -1.95. The molecule has 0 bridgehead atoms. The van der Waals surface area contributed by atoms with Crippen LogP contribution in [0.2, 0.25) is 0 Å². The van der Waals surface area contributed by atoms with E-state index in [-0.39, 0.29) is 17.2 Å². The Hall–Kier alpha value is -3.29. The molecule has 0 spiro atoms. The van der Waals surface area contributed by atoms with Gasteiger partial charge in [0.05, 0.1) is 15.9 Å². The molecule has 0 aliphatic rings. The van der Waals surface area contributed by atoms with Crippen LogP contribution in [0, 0.1) is 20.2 Å². The molecule has 0 radical (unpaired) electrons. The van der Waals surface area contributed by atoms with Crippen LogP contribution < -0.4 is 5.73 Å². The number of non-ortho nitro benzene ring substituents is 1. The van der Waals surface area contributed by atoms with Crippen LogP contribution in [0.3, 0.4) is 0 Å². The van der Waals surface area contributed by atoms with E-state index in [0.717, 1.165) is 23.8 Å². The Labute approximate surface area is 125 Å². The number of anilines is 1. The van der Waals surface area contributed by atoms with E-state index in [4.69, 9.17) is 5.73 Å². The van der Waals surface area contributed by atoms with Crippen molar-refractivity contribution in [1.29, 1.82) is 0 Å². The fraction of sp³-hybridized carbons (Fsp3) is 0.0714. The molecule has 2 aromatic rings. The molecule has 0 saturated carbocycles. The van der Waals surface area contributed by atoms with Crippen LogP contribution in [0.4, 0.5) is 17.1 Å². The zero-order valence-corrected chi connectivity index (χ0v) is 11.6. The van der Waals surface area contributed by atoms with Crippen molar-refractivity contribution in [3.8, 4) is 0 Å². The maximum Gasteiger partial charge on any atom is 0.298 e. The maximum absolute atomic E-state index is 10.6. The van der Waals surface area contributed by atoms with E-state index in [1.165, 1.54) is 0 Å². The quantitative estimate of drug-likeness (QED) is 0.401. The highest BCUT2D eigenvalue weighted by molar-refractivity contribution is 5.93. The van der Waals surface area contributed by atoms with Gasteiger partial charge in [0, 0.05) is 11.6 Å². The molecule has 0 aliphatic carbocycles. The summed E-state index contributed by atoms with van der Waals surface area (Å²) < 4.78 is 0. The number of nitro groups is 2. The monoisotopic (exact) mass is 303 g/mol. The first kappa shape index (κ1) is 16.8. The second-order valence-corrected chi connectivity index (χ2v) is 4.18. The van der Waals surface area contributed by atoms with E-state index in [1.807, 2.05) is 30.3 Å². The van der Waals surface area contributed by atoms with Gasteiger partial charge in [0.15, 0.2) is 5.78 Å². The Bertz CT molecular complexity index is 701. The number of ketones is 1. The molecular formula is C14H13N3O5. The fourth-order valence-corrected chi connectivity index (χ4v) is 1.48. The minimum Gasteiger partial charge on any atom is -0.393 e. The Morgan fingerprint density at radius 1 is 1.00 bits per heavy atom. The predicted octanol–water partition coefficient (Wildman–Crippen LogP) is 2.97. The van der Waals surface area contributed by atoms with E-state index in [1.54, 1.807) is 6.92 Å². The van der Waals surface area contributed by atoms with Gasteiger partial charge in [-0.05, 0) is 13.0 Å². The van der Waals surface area contributed by atoms with Crippen molar-refractivity contribution in [2.45, 2.75) is 6.92 Å². The third-order valence-corrected chi connectivity index (χ3v) is 2.60. The van der Waals surface area contributed by atoms with Gasteiger partial charge in [0.25, 0.3) is 11.4 Å². The summed E-state index contributed by atoms with van der Waals surface area (Å²) in [6.07, 6.45) is 0. The van der Waals surface area contributed by atoms with Crippen LogP contribution in [-0.4, -0.2) is 15.6 Å². The fourth-order valence-electron chi connectivity index (χ4n) is 1.48. The Morgan fingerprint density at radius 3 is 2.00 bits per heavy atom. The largest absolute Gasteiger partial charge is 0.393 e. The number of Topliss-reactive ketones (excluding diaryl/α,β-unsaturated/α-hetero) is 1. The highest BCUT2D eigenvalue weighted by atomic mass is 16.6. The molecule has 8 nitrogen and oxygen atoms in total. The molecule has 0 saturated heterocycles. The number of carbonyl (C=O) groups excluding carboxylic acids is 1. The summed E-state index contributed by atoms with van der Waals surface area (Å²) in [6.45, 7) is 1.56. The van der Waals surface area contributed by atoms with E-state index in [0.29, 0.717) is 0 Å². The average molecular weight is 303 g/mol. The van der Waals surface area contributed by atoms with Crippen molar-refractivity contribution in [2.75, 3.05) is 5.73 Å². The average Bonchev–Trinajstić information content (AvgIpc) is 2.48. The topological polar surface area (TPSA) is 129 Å². The van der Waals surface area contributed by atoms with Crippen molar-refractivity contribution < 1.29 is 14.6 Å². The molecule has 0 unspecified atom stereocenters. The van der Waals surface area contributed by atoms with Crippen LogP contribution in [0.15, 0.2) is 48.5 Å². The van der Waals surface area contributed by atoms with Crippen LogP contribution in [0.5, 0.6) is 0 Å². The number of benzene rings is 2. The van der Waals surface area contributed by atoms with Gasteiger partial charge in [-0.3, -0.25) is 25.0 Å². The van der Waals surface area contributed by atoms with E-state index in [2.05, 4.69) is 0 Å². The first-order valence-corrected chi connectivity index (χ1v) is 6.07. The first-order chi connectivity index (χ1) is 10.3. The van der Waals surface area contributed by atoms with Crippen molar-refractivity contribution in [3.63, 3.8) is 0 Å². The molecule has 2 N–H and O–H groups in total. The van der Waals surface area contributed by atoms with Crippen molar-refractivity contribution in [2.24, 2.45) is 0 Å². The van der Waals surface area contributed by atoms with Crippen LogP contribution in [0.25, 0.3) is 0 Å². The molecule has 0 aliphatic heterocycles. The number of nitro benzene ring substituents is 2. The molecule has 22 heavy (non-hydrogen) atoms. The van der Waals surface area contributed by atoms with Gasteiger partial charge >= 0.3 is 0 Å². The van der Waals surface area contributed by atoms with Crippen molar-refractivity contribution >= 4 is 22.8 Å². The van der Waals surface area contributed by atoms with Crippen LogP contribution in [-0.2, 0) is 0 Å². The number of hydrogen-bond donors (Lipinski definition) is 1. The van der Waals surface area contributed by atoms with E-state index < -0.39 is 15.5 Å². The summed E-state index contributed by atoms with van der Waals surface area (Å²) >= 11 is 0. The van der Waals surface area contributed by atoms with E-state index >= 15 is 0 Å². The summed E-state index contributed by atoms with van der Waals surface area (Å²) in [6, 6.07) is 12.3. The molecule has 2 aromatic carbocycles. The smallest absolute Gasteiger partial charge is 0.298 e. The number of hydrogen-bond acceptors (Lipinski definition) is 6. The maximum atomic E-state index is 10.6. The minimum atomic E-state index is -0.762. The minimum absolute atomic E-state index is 0.0874. The highest BCUT2D eigenvalue weighted by Gasteiger charge is 2.16. The van der Waals surface area contributed by atoms with E-state index in [9.17, 15) is 25.0 Å². The lowest BCUT2D eigenvalue weighted by molar-refractivity contribution is -0.393. The molecule has 0 heterocycles. The van der Waals surface area contributed by atoms with Gasteiger partial charge < -0.3 is 5.73 Å². The molecule has 0 fully saturated rings. The SMILES string of the molecule is CC(=O)c1ccccc1.Nc1ccc([N+](=O)[O-])cc1[N+](=O)[O-]. The van der Waals surface area contributed by atoms with Crippen molar-refractivity contribution in [3.05, 3.63) is 74.3 Å². The second-order valence-electron chi connectivity index (χ2n) is 4.18. The molecule has 0 aromatic heterocycles. The van der Waals surface area contributed by atoms with Gasteiger partial charge in [-0.25, -0.2) is 0 Å². The molecule has 0 amide bonds. The highest BCUT2D eigenvalue weighted by Crippen LogP contribution is 2.25. The van der Waals surface area contributed by atoms with Gasteiger partial charge in [-0.15, -0.1) is 0 Å². The summed E-state index contributed by atoms with van der Waals surface area (Å²) in [5.41, 5.74) is 5.12. The number of carbonyl (C=O) groups is 1. The molecule has 8 heteroatoms. The van der Waals surface area contributed by atoms with Gasteiger partial charge in [0.2, 0.25) is 0 Å². The standard InChI is InChI=1S/C8H8O.C6H5N3O4/c1-7(9)8-5-3-2-4-6-8;7-5-2-1-4(8(10)11)3-6(5)9(12)13/h2-6H,1H3;1-3H,7H2. The van der Waals surface area contributed by atoms with Gasteiger partial charge in [-0.1, -0.05) is 30.3 Å². The first-order valence-electron chi connectivity index (χ1n) is 6.07. The Kier molecular flexibility index (Phi) is 5.70. The van der Waals surface area contributed by atoms with Gasteiger partial charge in [-0.2, -0.15) is 0 Å². The van der Waals surface area contributed by atoms with Crippen LogP contribution in [0.1, 0.15) is 17.3 Å². The number of nitrogens with zero attached hydrogens (tertiary/aromatic N) is 2. The number of rotatable bonds is 3. The summed E-state index contributed by atoms with van der Waals surface area (Å²) in [4.78, 5) is 29.7. The molecule has 0 atom stereocenters. The third-order valence-electron chi connectivity index (χ3n) is 2.60. The number of nitrogens with two attached hydrogens (primary N) is 1. The molecule has 2 rings (SSSR count). The lowest BCUT2D eigenvalue weighted by atomic mass is 10.2. The van der Waals surface area contributed by atoms with Crippen LogP contribution >= 0.6 is 0 Å². The Balaban J connectivity index is 0.000000235. The number of nitrogen functional groups attached to an aromatic ring is 1. The predicted molar refractivity (Wildman–Crippen MR) is 80.6 cm³/mol. The summed E-state index contributed by atoms with van der Waals surface area (Å²) in [5.74, 6) is 0.121. The summed E-state index contributed by atoms with van der Waals surface area (Å²) in [5, 5.41) is 20.5. The Morgan fingerprint density at radius 2 is 1.59 bits per heavy atom. The lowest BCUT2D eigenvalue weighted by Crippen LogP contribution is -1.97. The zero-order chi connectivity index (χ0) is 16.7. The summed E-state index contributed by atoms with van der Waals surface area (Å²) in [7, 11) is 0.